The Hall–Kier alpha value is -3.89. The Bertz CT molecular complexity index is 2720. The van der Waals surface area contributed by atoms with E-state index in [1.165, 1.54) is 34.8 Å². The largest absolute Gasteiger partial charge is 0.370 e. The Balaban J connectivity index is 0.000000198. The number of nitrogens with zero attached hydrogens (tertiary/aromatic N) is 5. The molecule has 4 aromatic carbocycles. The number of benzene rings is 4. The van der Waals surface area contributed by atoms with Gasteiger partial charge in [-0.2, -0.15) is 0 Å². The Morgan fingerprint density at radius 1 is 0.621 bits per heavy atom. The van der Waals surface area contributed by atoms with Crippen molar-refractivity contribution >= 4 is 56.4 Å². The zero-order valence-corrected chi connectivity index (χ0v) is 41.3. The van der Waals surface area contributed by atoms with E-state index in [0.29, 0.717) is 58.5 Å². The molecule has 10 nitrogen and oxygen atoms in total. The Morgan fingerprint density at radius 3 is 1.39 bits per heavy atom. The highest BCUT2D eigenvalue weighted by Gasteiger charge is 2.32. The minimum Gasteiger partial charge on any atom is -0.370 e. The normalized spacial score (nSPS) is 15.7. The summed E-state index contributed by atoms with van der Waals surface area (Å²) in [5, 5.41) is 5.32. The Morgan fingerprint density at radius 2 is 1.02 bits per heavy atom. The van der Waals surface area contributed by atoms with Crippen LogP contribution >= 0.6 is 46.4 Å². The van der Waals surface area contributed by atoms with Gasteiger partial charge in [-0.3, -0.25) is 9.13 Å². The molecule has 0 unspecified atom stereocenters. The number of nitrogens with one attached hydrogen (secondary N) is 1. The molecular weight excluding hydrogens is 948 g/mol. The summed E-state index contributed by atoms with van der Waals surface area (Å²) >= 11 is 24.9. The number of hydrogen-bond acceptors (Lipinski definition) is 7. The number of aromatic nitrogens is 4. The second-order valence-electron chi connectivity index (χ2n) is 17.7. The van der Waals surface area contributed by atoms with E-state index in [0.717, 1.165) is 65.6 Å². The van der Waals surface area contributed by atoms with E-state index >= 15 is 0 Å². The first-order valence-corrected chi connectivity index (χ1v) is 25.1. The lowest BCUT2D eigenvalue weighted by atomic mass is 9.81. The van der Waals surface area contributed by atoms with Crippen molar-refractivity contribution < 1.29 is 26.7 Å². The van der Waals surface area contributed by atoms with Gasteiger partial charge in [0.2, 0.25) is 10.0 Å². The maximum absolute atomic E-state index is 13.7. The zero-order valence-electron chi connectivity index (χ0n) is 37.5. The van der Waals surface area contributed by atoms with E-state index in [9.17, 15) is 17.2 Å². The first-order chi connectivity index (χ1) is 31.3. The summed E-state index contributed by atoms with van der Waals surface area (Å²) < 4.78 is 68.7. The van der Waals surface area contributed by atoms with Gasteiger partial charge in [0.1, 0.15) is 36.5 Å². The number of halogens is 6. The van der Waals surface area contributed by atoms with Crippen molar-refractivity contribution in [1.82, 2.24) is 28.7 Å². The van der Waals surface area contributed by atoms with Crippen LogP contribution in [0.4, 0.5) is 8.78 Å². The first-order valence-electron chi connectivity index (χ1n) is 21.8. The molecule has 0 amide bonds. The summed E-state index contributed by atoms with van der Waals surface area (Å²) in [5.41, 5.74) is 4.47. The van der Waals surface area contributed by atoms with Crippen molar-refractivity contribution in [2.75, 3.05) is 32.4 Å². The molecular formula is C49H54Cl4F2N6O4S. The number of piperidine rings is 2. The average Bonchev–Trinajstić information content (AvgIpc) is 3.94. The van der Waals surface area contributed by atoms with Gasteiger partial charge in [-0.05, 0) is 123 Å². The van der Waals surface area contributed by atoms with Crippen LogP contribution in [0.15, 0.2) is 97.3 Å². The molecule has 17 heteroatoms. The van der Waals surface area contributed by atoms with Crippen LogP contribution in [0.25, 0.3) is 11.4 Å². The zero-order chi connectivity index (χ0) is 47.4. The summed E-state index contributed by atoms with van der Waals surface area (Å²) in [6, 6.07) is 23.9. The van der Waals surface area contributed by atoms with Crippen LogP contribution in [0.1, 0.15) is 87.5 Å². The van der Waals surface area contributed by atoms with Crippen LogP contribution in [-0.4, -0.2) is 76.5 Å². The van der Waals surface area contributed by atoms with E-state index in [2.05, 4.69) is 42.6 Å². The highest BCUT2D eigenvalue weighted by atomic mass is 35.5. The van der Waals surface area contributed by atoms with E-state index in [4.69, 9.17) is 60.9 Å². The third-order valence-corrected chi connectivity index (χ3v) is 15.2. The lowest BCUT2D eigenvalue weighted by molar-refractivity contribution is 0.00661. The van der Waals surface area contributed by atoms with Gasteiger partial charge in [-0.25, -0.2) is 31.5 Å². The van der Waals surface area contributed by atoms with Gasteiger partial charge in [0.25, 0.3) is 0 Å². The van der Waals surface area contributed by atoms with Gasteiger partial charge in [0.05, 0.1) is 49.9 Å². The van der Waals surface area contributed by atoms with Crippen LogP contribution in [0, 0.1) is 11.6 Å². The predicted octanol–water partition coefficient (Wildman–Crippen LogP) is 11.5. The summed E-state index contributed by atoms with van der Waals surface area (Å²) in [7, 11) is -3.19. The lowest BCUT2D eigenvalue weighted by Gasteiger charge is -2.30. The molecule has 2 aliphatic rings. The average molecular weight is 1000 g/mol. The fourth-order valence-electron chi connectivity index (χ4n) is 8.37. The quantitative estimate of drug-likeness (QED) is 0.123. The van der Waals surface area contributed by atoms with Crippen molar-refractivity contribution in [2.24, 2.45) is 0 Å². The molecule has 2 fully saturated rings. The molecule has 8 rings (SSSR count). The van der Waals surface area contributed by atoms with Crippen LogP contribution in [0.2, 0.25) is 20.1 Å². The smallest absolute Gasteiger partial charge is 0.211 e. The molecule has 1 N–H and O–H groups in total. The van der Waals surface area contributed by atoms with Crippen LogP contribution in [0.3, 0.4) is 0 Å². The van der Waals surface area contributed by atoms with Crippen molar-refractivity contribution in [3.05, 3.63) is 163 Å². The topological polar surface area (TPSA) is 104 Å². The summed E-state index contributed by atoms with van der Waals surface area (Å²) in [5.74, 6) is 0.856. The van der Waals surface area contributed by atoms with Gasteiger partial charge in [0.15, 0.2) is 0 Å². The van der Waals surface area contributed by atoms with Gasteiger partial charge < -0.3 is 14.8 Å². The number of imidazole rings is 2. The molecule has 0 atom stereocenters. The molecule has 0 aliphatic carbocycles. The van der Waals surface area contributed by atoms with E-state index in [-0.39, 0.29) is 30.4 Å². The summed E-state index contributed by atoms with van der Waals surface area (Å²) in [6.45, 7) is 11.8. The Labute approximate surface area is 406 Å². The van der Waals surface area contributed by atoms with Crippen molar-refractivity contribution in [2.45, 2.75) is 89.6 Å². The van der Waals surface area contributed by atoms with Crippen LogP contribution in [0.5, 0.6) is 0 Å². The first kappa shape index (κ1) is 50.0. The molecule has 66 heavy (non-hydrogen) atoms. The summed E-state index contributed by atoms with van der Waals surface area (Å²) in [4.78, 5) is 9.36. The molecule has 0 bridgehead atoms. The van der Waals surface area contributed by atoms with E-state index in [1.807, 2.05) is 35.0 Å². The SMILES string of the molecule is CC(C)(c1ccc(Cl)c(Cl)c1)c1cnc(COC2CCN(S(C)(=O)=O)CC2)n1-c1ccc(F)cc1.CC(C)(c1ccc(Cl)c(Cl)c1)c1cnc(COC2CCNCC2)n1-c1ccc(F)cc1. The molecule has 4 heterocycles. The van der Waals surface area contributed by atoms with Crippen molar-refractivity contribution in [3.63, 3.8) is 0 Å². The second-order valence-corrected chi connectivity index (χ2v) is 21.3. The number of rotatable bonds is 13. The highest BCUT2D eigenvalue weighted by Crippen LogP contribution is 2.39. The summed E-state index contributed by atoms with van der Waals surface area (Å²) in [6.07, 6.45) is 8.24. The molecule has 0 saturated carbocycles. The Kier molecular flexibility index (Phi) is 16.0. The molecule has 0 radical (unpaired) electrons. The fourth-order valence-corrected chi connectivity index (χ4v) is 9.84. The number of hydrogen-bond donors (Lipinski definition) is 1. The standard InChI is InChI=1S/C25H28Cl2FN3O3S.C24H26Cl2FN3O/c1-25(2,17-4-9-21(26)22(27)14-17)23-15-29-24(31(23)19-7-5-18(28)6-8-19)16-34-20-10-12-30(13-11-20)35(3,32)33;1-24(2,16-3-8-20(25)21(26)13-16)22-14-29-23(15-31-19-9-11-28-12-10-19)30(22)18-6-4-17(27)5-7-18/h4-9,14-15,20H,10-13,16H2,1-3H3;3-8,13-14,19,28H,9-12,15H2,1-2H3. The van der Waals surface area contributed by atoms with Crippen molar-refractivity contribution in [1.29, 1.82) is 0 Å². The monoisotopic (exact) mass is 1000 g/mol. The second kappa shape index (κ2) is 21.2. The molecule has 352 valence electrons. The van der Waals surface area contributed by atoms with E-state index < -0.39 is 20.9 Å². The third-order valence-electron chi connectivity index (χ3n) is 12.5. The minimum absolute atomic E-state index is 0.0714. The third kappa shape index (κ3) is 11.7. The maximum atomic E-state index is 13.7. The van der Waals surface area contributed by atoms with Gasteiger partial charge in [0, 0.05) is 47.7 Å². The highest BCUT2D eigenvalue weighted by molar-refractivity contribution is 7.88. The van der Waals surface area contributed by atoms with Gasteiger partial charge in [-0.15, -0.1) is 0 Å². The molecule has 2 aliphatic heterocycles. The maximum Gasteiger partial charge on any atom is 0.211 e. The fraction of sp³-hybridized carbons (Fsp3) is 0.388. The molecule has 6 aromatic rings. The number of sulfonamides is 1. The molecule has 0 spiro atoms. The molecule has 2 aromatic heterocycles. The van der Waals surface area contributed by atoms with Gasteiger partial charge in [-0.1, -0.05) is 86.2 Å². The predicted molar refractivity (Wildman–Crippen MR) is 259 cm³/mol. The van der Waals surface area contributed by atoms with Gasteiger partial charge >= 0.3 is 0 Å². The number of ether oxygens (including phenoxy) is 2. The van der Waals surface area contributed by atoms with Crippen LogP contribution in [-0.2, 0) is 43.5 Å². The lowest BCUT2D eigenvalue weighted by Crippen LogP contribution is -2.40. The van der Waals surface area contributed by atoms with Crippen LogP contribution < -0.4 is 5.32 Å². The van der Waals surface area contributed by atoms with E-state index in [1.54, 1.807) is 42.6 Å². The molecule has 2 saturated heterocycles. The van der Waals surface area contributed by atoms with Crippen molar-refractivity contribution in [3.8, 4) is 11.4 Å². The minimum atomic E-state index is -3.19.